The van der Waals surface area contributed by atoms with Crippen molar-refractivity contribution in [1.82, 2.24) is 9.80 Å². The van der Waals surface area contributed by atoms with Crippen molar-refractivity contribution in [2.45, 2.75) is 70.1 Å². The van der Waals surface area contributed by atoms with E-state index in [2.05, 4.69) is 0 Å². The molecule has 3 N–H and O–H groups in total. The van der Waals surface area contributed by atoms with E-state index in [4.69, 9.17) is 14.9 Å². The van der Waals surface area contributed by atoms with Gasteiger partial charge in [0.15, 0.2) is 0 Å². The second-order valence-electron chi connectivity index (χ2n) is 12.5. The van der Waals surface area contributed by atoms with Gasteiger partial charge in [-0.25, -0.2) is 0 Å². The number of methoxy groups -OCH3 is 1. The maximum absolute atomic E-state index is 13.9. The number of phenols is 1. The zero-order chi connectivity index (χ0) is 32.4. The largest absolute Gasteiger partial charge is 0.508 e. The molecule has 0 aromatic heterocycles. The first-order chi connectivity index (χ1) is 21.5. The van der Waals surface area contributed by atoms with Crippen molar-refractivity contribution in [3.63, 3.8) is 0 Å². The second kappa shape index (κ2) is 13.4. The number of aromatic hydroxyl groups is 1. The SMILES string of the molecule is COc1ccc(C2C3=CCC4C(=O)N(CCCCCC(=O)O)C(=O)C4C3CC3C(=O)N(CCCCCC(=O)O)C(=O)C32)c(O)c1. The number of benzene rings is 1. The molecule has 1 saturated carbocycles. The molecule has 2 heterocycles. The lowest BCUT2D eigenvalue weighted by Gasteiger charge is -2.44. The Morgan fingerprint density at radius 3 is 1.91 bits per heavy atom. The van der Waals surface area contributed by atoms with Crippen LogP contribution in [0.5, 0.6) is 11.5 Å². The van der Waals surface area contributed by atoms with Crippen LogP contribution in [0, 0.1) is 29.6 Å². The molecule has 5 rings (SSSR count). The van der Waals surface area contributed by atoms with Gasteiger partial charge in [0, 0.05) is 43.5 Å². The number of imide groups is 2. The van der Waals surface area contributed by atoms with Crippen molar-refractivity contribution in [2.24, 2.45) is 29.6 Å². The smallest absolute Gasteiger partial charge is 0.303 e. The molecule has 12 heteroatoms. The zero-order valence-corrected chi connectivity index (χ0v) is 25.4. The molecule has 12 nitrogen and oxygen atoms in total. The van der Waals surface area contributed by atoms with Crippen LogP contribution in [0.2, 0.25) is 0 Å². The van der Waals surface area contributed by atoms with Crippen LogP contribution in [0.15, 0.2) is 29.8 Å². The van der Waals surface area contributed by atoms with Crippen molar-refractivity contribution in [1.29, 1.82) is 0 Å². The minimum absolute atomic E-state index is 0.0104. The van der Waals surface area contributed by atoms with Crippen LogP contribution >= 0.6 is 0 Å². The number of nitrogens with zero attached hydrogens (tertiary/aromatic N) is 2. The van der Waals surface area contributed by atoms with Crippen molar-refractivity contribution in [3.05, 3.63) is 35.4 Å². The van der Waals surface area contributed by atoms with Crippen LogP contribution in [0.4, 0.5) is 0 Å². The number of allylic oxidation sites excluding steroid dienone is 2. The summed E-state index contributed by atoms with van der Waals surface area (Å²) in [6.07, 6.45) is 5.45. The minimum atomic E-state index is -0.901. The Labute approximate surface area is 261 Å². The van der Waals surface area contributed by atoms with Gasteiger partial charge in [-0.2, -0.15) is 0 Å². The Kier molecular flexibility index (Phi) is 9.59. The highest BCUT2D eigenvalue weighted by molar-refractivity contribution is 6.08. The third-order valence-electron chi connectivity index (χ3n) is 9.95. The lowest BCUT2D eigenvalue weighted by atomic mass is 9.57. The molecule has 2 aliphatic heterocycles. The summed E-state index contributed by atoms with van der Waals surface area (Å²) in [6.45, 7) is 0.364. The monoisotopic (exact) mass is 624 g/mol. The van der Waals surface area contributed by atoms with Gasteiger partial charge in [-0.05, 0) is 50.5 Å². The Morgan fingerprint density at radius 1 is 0.778 bits per heavy atom. The standard InChI is InChI=1S/C33H40N2O10/c1-45-18-10-11-20(24(36)16-18)27-19-12-13-21-28(32(43)34(30(21)41)14-6-2-4-8-25(37)38)22(19)17-23-29(27)33(44)35(31(23)42)15-7-3-5-9-26(39)40/h10-12,16,21-23,27-29,36H,2-9,13-15,17H2,1H3,(H,37,38)(H,39,40). The van der Waals surface area contributed by atoms with E-state index in [1.807, 2.05) is 6.08 Å². The van der Waals surface area contributed by atoms with Gasteiger partial charge in [0.1, 0.15) is 11.5 Å². The molecule has 0 radical (unpaired) electrons. The number of carboxylic acids is 2. The molecule has 3 fully saturated rings. The quantitative estimate of drug-likeness (QED) is 0.158. The van der Waals surface area contributed by atoms with Crippen LogP contribution in [0.3, 0.4) is 0 Å². The maximum Gasteiger partial charge on any atom is 0.303 e. The Hall–Kier alpha value is -4.22. The van der Waals surface area contributed by atoms with E-state index >= 15 is 0 Å². The summed E-state index contributed by atoms with van der Waals surface area (Å²) < 4.78 is 5.26. The highest BCUT2D eigenvalue weighted by Crippen LogP contribution is 2.59. The maximum atomic E-state index is 13.9. The van der Waals surface area contributed by atoms with E-state index in [0.717, 1.165) is 5.57 Å². The Morgan fingerprint density at radius 2 is 1.36 bits per heavy atom. The van der Waals surface area contributed by atoms with Gasteiger partial charge in [0.2, 0.25) is 23.6 Å². The number of unbranched alkanes of at least 4 members (excludes halogenated alkanes) is 4. The van der Waals surface area contributed by atoms with E-state index in [9.17, 15) is 33.9 Å². The van der Waals surface area contributed by atoms with Gasteiger partial charge in [-0.15, -0.1) is 0 Å². The highest BCUT2D eigenvalue weighted by Gasteiger charge is 2.62. The average Bonchev–Trinajstić information content (AvgIpc) is 3.39. The molecule has 0 spiro atoms. The number of rotatable bonds is 14. The van der Waals surface area contributed by atoms with Crippen LogP contribution < -0.4 is 4.74 Å². The molecule has 4 amide bonds. The first kappa shape index (κ1) is 32.2. The summed E-state index contributed by atoms with van der Waals surface area (Å²) >= 11 is 0. The lowest BCUT2D eigenvalue weighted by molar-refractivity contribution is -0.142. The van der Waals surface area contributed by atoms with Crippen molar-refractivity contribution in [3.8, 4) is 11.5 Å². The fraction of sp³-hybridized carbons (Fsp3) is 0.576. The second-order valence-corrected chi connectivity index (χ2v) is 12.5. The summed E-state index contributed by atoms with van der Waals surface area (Å²) in [5.74, 6) is -6.66. The third kappa shape index (κ3) is 6.19. The molecule has 2 aliphatic carbocycles. The van der Waals surface area contributed by atoms with E-state index in [-0.39, 0.29) is 61.7 Å². The van der Waals surface area contributed by atoms with E-state index in [1.54, 1.807) is 12.1 Å². The molecular weight excluding hydrogens is 584 g/mol. The number of aliphatic carboxylic acids is 2. The first-order valence-electron chi connectivity index (χ1n) is 15.8. The average molecular weight is 625 g/mol. The number of fused-ring (bicyclic) bond motifs is 4. The summed E-state index contributed by atoms with van der Waals surface area (Å²) in [7, 11) is 1.47. The fourth-order valence-corrected chi connectivity index (χ4v) is 7.87. The number of likely N-dealkylation sites (tertiary alicyclic amines) is 2. The Balaban J connectivity index is 1.42. The van der Waals surface area contributed by atoms with Crippen molar-refractivity contribution in [2.75, 3.05) is 20.2 Å². The summed E-state index contributed by atoms with van der Waals surface area (Å²) in [5, 5.41) is 28.9. The lowest BCUT2D eigenvalue weighted by Crippen LogP contribution is -2.43. The molecule has 1 aromatic rings. The van der Waals surface area contributed by atoms with Crippen LogP contribution in [0.25, 0.3) is 0 Å². The van der Waals surface area contributed by atoms with E-state index < -0.39 is 47.4 Å². The van der Waals surface area contributed by atoms with Gasteiger partial charge in [0.25, 0.3) is 0 Å². The number of amides is 4. The molecule has 4 aliphatic rings. The zero-order valence-electron chi connectivity index (χ0n) is 25.4. The van der Waals surface area contributed by atoms with Crippen LogP contribution in [-0.2, 0) is 28.8 Å². The van der Waals surface area contributed by atoms with Crippen molar-refractivity contribution < 1.29 is 48.8 Å². The van der Waals surface area contributed by atoms with Gasteiger partial charge < -0.3 is 20.1 Å². The normalized spacial score (nSPS) is 27.3. The number of hydrogen-bond donors (Lipinski definition) is 3. The Bertz CT molecular complexity index is 1420. The van der Waals surface area contributed by atoms with Gasteiger partial charge in [-0.3, -0.25) is 38.6 Å². The summed E-state index contributed by atoms with van der Waals surface area (Å²) in [4.78, 5) is 79.3. The number of carbonyl (C=O) groups excluding carboxylic acids is 4. The highest BCUT2D eigenvalue weighted by atomic mass is 16.5. The topological polar surface area (TPSA) is 179 Å². The predicted octanol–water partition coefficient (Wildman–Crippen LogP) is 3.33. The number of carbonyl (C=O) groups is 6. The molecule has 242 valence electrons. The van der Waals surface area contributed by atoms with E-state index in [1.165, 1.54) is 23.0 Å². The van der Waals surface area contributed by atoms with E-state index in [0.29, 0.717) is 56.3 Å². The third-order valence-corrected chi connectivity index (χ3v) is 9.95. The summed E-state index contributed by atoms with van der Waals surface area (Å²) in [6, 6.07) is 4.82. The van der Waals surface area contributed by atoms with Gasteiger partial charge in [0.05, 0.1) is 30.8 Å². The number of ether oxygens (including phenoxy) is 1. The van der Waals surface area contributed by atoms with Crippen LogP contribution in [-0.4, -0.2) is 80.9 Å². The molecule has 1 aromatic carbocycles. The first-order valence-corrected chi connectivity index (χ1v) is 15.8. The molecule has 0 bridgehead atoms. The van der Waals surface area contributed by atoms with Crippen LogP contribution in [0.1, 0.15) is 75.7 Å². The number of carboxylic acid groups (broad SMARTS) is 2. The molecule has 6 atom stereocenters. The molecule has 45 heavy (non-hydrogen) atoms. The minimum Gasteiger partial charge on any atom is -0.508 e. The fourth-order valence-electron chi connectivity index (χ4n) is 7.87. The van der Waals surface area contributed by atoms with Gasteiger partial charge in [-0.1, -0.05) is 30.6 Å². The van der Waals surface area contributed by atoms with Crippen molar-refractivity contribution >= 4 is 35.6 Å². The number of hydrogen-bond acceptors (Lipinski definition) is 8. The summed E-state index contributed by atoms with van der Waals surface area (Å²) in [5.41, 5.74) is 1.24. The number of phenolic OH excluding ortho intramolecular Hbond substituents is 1. The predicted molar refractivity (Wildman–Crippen MR) is 158 cm³/mol. The molecular formula is C33H40N2O10. The van der Waals surface area contributed by atoms with Gasteiger partial charge >= 0.3 is 11.9 Å². The molecule has 2 saturated heterocycles. The molecule has 6 unspecified atom stereocenters.